The molecule has 0 aliphatic carbocycles. The number of carbonyl (C=O) groups excluding carboxylic acids is 3. The molecule has 2 atom stereocenters. The normalized spacial score (nSPS) is 15.0. The van der Waals surface area contributed by atoms with Gasteiger partial charge in [-0.05, 0) is 6.07 Å². The minimum absolute atomic E-state index is 0.113. The van der Waals surface area contributed by atoms with Crippen LogP contribution in [0.25, 0.3) is 0 Å². The van der Waals surface area contributed by atoms with E-state index in [0.29, 0.717) is 0 Å². The summed E-state index contributed by atoms with van der Waals surface area (Å²) < 4.78 is 9.91. The second kappa shape index (κ2) is 8.30. The third-order valence-electron chi connectivity index (χ3n) is 4.07. The predicted molar refractivity (Wildman–Crippen MR) is 94.3 cm³/mol. The van der Waals surface area contributed by atoms with Crippen molar-refractivity contribution in [1.29, 1.82) is 0 Å². The lowest BCUT2D eigenvalue weighted by molar-refractivity contribution is -0.384. The van der Waals surface area contributed by atoms with Crippen LogP contribution in [0, 0.1) is 16.0 Å². The standard InChI is InChI=1S/C17H19N3O7/c1-4-10(2)16(17(23)26-3)18-14(21)8-19-12-7-11(20(24)25)5-6-13(12)27-9-15(19)22/h4-7,10,16H,1,8-9H2,2-3H3,(H,18,21)/t10-,16-/m1/s1. The number of nitrogens with one attached hydrogen (secondary N) is 1. The van der Waals surface area contributed by atoms with E-state index < -0.39 is 41.2 Å². The molecular weight excluding hydrogens is 358 g/mol. The summed E-state index contributed by atoms with van der Waals surface area (Å²) in [5, 5.41) is 13.5. The van der Waals surface area contributed by atoms with E-state index in [-0.39, 0.29) is 23.7 Å². The van der Waals surface area contributed by atoms with Crippen molar-refractivity contribution in [2.75, 3.05) is 25.2 Å². The molecule has 0 radical (unpaired) electrons. The highest BCUT2D eigenvalue weighted by Crippen LogP contribution is 2.35. The van der Waals surface area contributed by atoms with Crippen LogP contribution in [0.1, 0.15) is 6.92 Å². The Bertz CT molecular complexity index is 793. The van der Waals surface area contributed by atoms with Gasteiger partial charge in [-0.15, -0.1) is 6.58 Å². The van der Waals surface area contributed by atoms with Crippen LogP contribution in [0.3, 0.4) is 0 Å². The molecule has 0 spiro atoms. The molecule has 1 heterocycles. The van der Waals surface area contributed by atoms with Crippen molar-refractivity contribution in [1.82, 2.24) is 5.32 Å². The molecule has 0 saturated heterocycles. The maximum Gasteiger partial charge on any atom is 0.328 e. The number of nitro groups is 1. The molecule has 2 amide bonds. The number of esters is 1. The van der Waals surface area contributed by atoms with Crippen LogP contribution in [-0.2, 0) is 19.1 Å². The van der Waals surface area contributed by atoms with Gasteiger partial charge in [-0.1, -0.05) is 13.0 Å². The number of nitrogens with zero attached hydrogens (tertiary/aromatic N) is 2. The van der Waals surface area contributed by atoms with Gasteiger partial charge >= 0.3 is 5.97 Å². The highest BCUT2D eigenvalue weighted by molar-refractivity contribution is 6.02. The maximum atomic E-state index is 12.4. The number of ether oxygens (including phenoxy) is 2. The molecule has 1 N–H and O–H groups in total. The fourth-order valence-electron chi connectivity index (χ4n) is 2.51. The summed E-state index contributed by atoms with van der Waals surface area (Å²) in [6.07, 6.45) is 1.49. The molecular formula is C17H19N3O7. The maximum absolute atomic E-state index is 12.4. The lowest BCUT2D eigenvalue weighted by Crippen LogP contribution is -2.51. The summed E-state index contributed by atoms with van der Waals surface area (Å²) in [6, 6.07) is 2.79. The minimum atomic E-state index is -0.972. The van der Waals surface area contributed by atoms with Gasteiger partial charge in [-0.2, -0.15) is 0 Å². The number of methoxy groups -OCH3 is 1. The van der Waals surface area contributed by atoms with Gasteiger partial charge in [0.1, 0.15) is 18.3 Å². The predicted octanol–water partition coefficient (Wildman–Crippen LogP) is 0.800. The number of benzene rings is 1. The second-order valence-corrected chi connectivity index (χ2v) is 5.84. The third-order valence-corrected chi connectivity index (χ3v) is 4.07. The zero-order chi connectivity index (χ0) is 20.1. The largest absolute Gasteiger partial charge is 0.482 e. The van der Waals surface area contributed by atoms with E-state index in [1.807, 2.05) is 0 Å². The Labute approximate surface area is 154 Å². The van der Waals surface area contributed by atoms with Crippen LogP contribution < -0.4 is 15.0 Å². The van der Waals surface area contributed by atoms with Gasteiger partial charge in [0, 0.05) is 18.1 Å². The molecule has 2 rings (SSSR count). The fourth-order valence-corrected chi connectivity index (χ4v) is 2.51. The Morgan fingerprint density at radius 1 is 1.52 bits per heavy atom. The molecule has 0 fully saturated rings. The van der Waals surface area contributed by atoms with E-state index in [9.17, 15) is 24.5 Å². The van der Waals surface area contributed by atoms with Crippen molar-refractivity contribution >= 4 is 29.2 Å². The van der Waals surface area contributed by atoms with E-state index in [1.54, 1.807) is 6.92 Å². The number of nitro benzene ring substituents is 1. The fraction of sp³-hybridized carbons (Fsp3) is 0.353. The summed E-state index contributed by atoms with van der Waals surface area (Å²) in [4.78, 5) is 47.9. The lowest BCUT2D eigenvalue weighted by Gasteiger charge is -2.29. The van der Waals surface area contributed by atoms with Crippen LogP contribution in [0.4, 0.5) is 11.4 Å². The third kappa shape index (κ3) is 4.40. The van der Waals surface area contributed by atoms with E-state index in [0.717, 1.165) is 11.0 Å². The first kappa shape index (κ1) is 19.9. The van der Waals surface area contributed by atoms with Gasteiger partial charge in [0.25, 0.3) is 11.6 Å². The molecule has 10 nitrogen and oxygen atoms in total. The Hall–Kier alpha value is -3.43. The van der Waals surface area contributed by atoms with E-state index >= 15 is 0 Å². The number of hydrogen-bond donors (Lipinski definition) is 1. The van der Waals surface area contributed by atoms with Gasteiger partial charge in [-0.25, -0.2) is 4.79 Å². The van der Waals surface area contributed by atoms with Gasteiger partial charge in [0.05, 0.1) is 17.7 Å². The zero-order valence-corrected chi connectivity index (χ0v) is 14.8. The summed E-state index contributed by atoms with van der Waals surface area (Å²) in [5.41, 5.74) is -0.132. The molecule has 1 aliphatic rings. The first-order valence-electron chi connectivity index (χ1n) is 7.99. The van der Waals surface area contributed by atoms with Crippen molar-refractivity contribution < 1.29 is 28.8 Å². The van der Waals surface area contributed by atoms with Gasteiger partial charge in [0.2, 0.25) is 5.91 Å². The number of hydrogen-bond acceptors (Lipinski definition) is 7. The van der Waals surface area contributed by atoms with Gasteiger partial charge in [-0.3, -0.25) is 24.6 Å². The molecule has 0 saturated carbocycles. The minimum Gasteiger partial charge on any atom is -0.482 e. The Morgan fingerprint density at radius 3 is 2.81 bits per heavy atom. The van der Waals surface area contributed by atoms with Crippen LogP contribution in [-0.4, -0.2) is 49.0 Å². The molecule has 0 bridgehead atoms. The zero-order valence-electron chi connectivity index (χ0n) is 14.8. The van der Waals surface area contributed by atoms with Crippen LogP contribution in [0.5, 0.6) is 5.75 Å². The Kier molecular flexibility index (Phi) is 6.11. The summed E-state index contributed by atoms with van der Waals surface area (Å²) in [7, 11) is 1.19. The number of carbonyl (C=O) groups is 3. The second-order valence-electron chi connectivity index (χ2n) is 5.84. The van der Waals surface area contributed by atoms with Crippen molar-refractivity contribution in [2.24, 2.45) is 5.92 Å². The molecule has 0 aromatic heterocycles. The number of anilines is 1. The number of rotatable bonds is 7. The van der Waals surface area contributed by atoms with E-state index in [2.05, 4.69) is 16.6 Å². The van der Waals surface area contributed by atoms with Crippen molar-refractivity contribution in [3.8, 4) is 5.75 Å². The number of fused-ring (bicyclic) bond motifs is 1. The van der Waals surface area contributed by atoms with E-state index in [1.165, 1.54) is 25.3 Å². The van der Waals surface area contributed by atoms with Crippen molar-refractivity contribution in [2.45, 2.75) is 13.0 Å². The molecule has 0 unspecified atom stereocenters. The number of amides is 2. The first-order valence-corrected chi connectivity index (χ1v) is 7.99. The molecule has 10 heteroatoms. The topological polar surface area (TPSA) is 128 Å². The van der Waals surface area contributed by atoms with Crippen LogP contribution >= 0.6 is 0 Å². The van der Waals surface area contributed by atoms with E-state index in [4.69, 9.17) is 4.74 Å². The quantitative estimate of drug-likeness (QED) is 0.322. The highest BCUT2D eigenvalue weighted by Gasteiger charge is 2.31. The first-order chi connectivity index (χ1) is 12.8. The highest BCUT2D eigenvalue weighted by atomic mass is 16.6. The molecule has 1 aliphatic heterocycles. The average Bonchev–Trinajstić information content (AvgIpc) is 2.66. The smallest absolute Gasteiger partial charge is 0.328 e. The summed E-state index contributed by atoms with van der Waals surface area (Å²) >= 11 is 0. The van der Waals surface area contributed by atoms with Crippen molar-refractivity contribution in [3.05, 3.63) is 41.0 Å². The average molecular weight is 377 g/mol. The SMILES string of the molecule is C=C[C@@H](C)[C@@H](NC(=O)CN1C(=O)COc2ccc([N+](=O)[O-])cc21)C(=O)OC. The monoisotopic (exact) mass is 377 g/mol. The Morgan fingerprint density at radius 2 is 2.22 bits per heavy atom. The summed E-state index contributed by atoms with van der Waals surface area (Å²) in [6.45, 7) is 4.52. The molecule has 27 heavy (non-hydrogen) atoms. The summed E-state index contributed by atoms with van der Waals surface area (Å²) in [5.74, 6) is -1.98. The molecule has 144 valence electrons. The van der Waals surface area contributed by atoms with Gasteiger partial charge < -0.3 is 14.8 Å². The molecule has 1 aromatic carbocycles. The van der Waals surface area contributed by atoms with Crippen LogP contribution in [0.2, 0.25) is 0 Å². The lowest BCUT2D eigenvalue weighted by atomic mass is 10.0. The van der Waals surface area contributed by atoms with Gasteiger partial charge in [0.15, 0.2) is 6.61 Å². The van der Waals surface area contributed by atoms with Crippen molar-refractivity contribution in [3.63, 3.8) is 0 Å². The Balaban J connectivity index is 2.23. The number of non-ortho nitro benzene ring substituents is 1. The molecule has 1 aromatic rings. The van der Waals surface area contributed by atoms with Crippen LogP contribution in [0.15, 0.2) is 30.9 Å².